The van der Waals surface area contributed by atoms with Crippen molar-refractivity contribution in [2.75, 3.05) is 19.8 Å². The SMILES string of the molecule is CC(NCC(=O)NC1CCOCC1)c1ccccc1Cl. The van der Waals surface area contributed by atoms with Crippen molar-refractivity contribution >= 4 is 17.5 Å². The Morgan fingerprint density at radius 1 is 1.40 bits per heavy atom. The van der Waals surface area contributed by atoms with Gasteiger partial charge in [-0.05, 0) is 31.4 Å². The zero-order valence-electron chi connectivity index (χ0n) is 11.7. The average molecular weight is 297 g/mol. The second-order valence-corrected chi connectivity index (χ2v) is 5.49. The molecule has 0 aromatic heterocycles. The summed E-state index contributed by atoms with van der Waals surface area (Å²) < 4.78 is 5.27. The van der Waals surface area contributed by atoms with Crippen LogP contribution in [0.2, 0.25) is 5.02 Å². The van der Waals surface area contributed by atoms with Crippen LogP contribution < -0.4 is 10.6 Å². The van der Waals surface area contributed by atoms with Gasteiger partial charge in [-0.3, -0.25) is 4.79 Å². The lowest BCUT2D eigenvalue weighted by atomic mass is 10.1. The lowest BCUT2D eigenvalue weighted by Crippen LogP contribution is -2.43. The van der Waals surface area contributed by atoms with Gasteiger partial charge in [-0.25, -0.2) is 0 Å². The Hall–Kier alpha value is -1.10. The van der Waals surface area contributed by atoms with Crippen molar-refractivity contribution in [1.82, 2.24) is 10.6 Å². The molecule has 1 aliphatic rings. The predicted octanol–water partition coefficient (Wildman–Crippen LogP) is 2.29. The minimum absolute atomic E-state index is 0.0239. The molecule has 2 N–H and O–H groups in total. The van der Waals surface area contributed by atoms with Gasteiger partial charge in [0, 0.05) is 30.3 Å². The first-order valence-electron chi connectivity index (χ1n) is 7.01. The highest BCUT2D eigenvalue weighted by Gasteiger charge is 2.16. The number of ether oxygens (including phenoxy) is 1. The molecule has 1 saturated heterocycles. The van der Waals surface area contributed by atoms with Crippen LogP contribution in [0.25, 0.3) is 0 Å². The van der Waals surface area contributed by atoms with Gasteiger partial charge in [-0.2, -0.15) is 0 Å². The first kappa shape index (κ1) is 15.3. The number of carbonyl (C=O) groups excluding carboxylic acids is 1. The summed E-state index contributed by atoms with van der Waals surface area (Å²) in [7, 11) is 0. The molecule has 0 bridgehead atoms. The summed E-state index contributed by atoms with van der Waals surface area (Å²) in [6, 6.07) is 7.96. The Kier molecular flexibility index (Phi) is 5.83. The van der Waals surface area contributed by atoms with Gasteiger partial charge < -0.3 is 15.4 Å². The van der Waals surface area contributed by atoms with E-state index in [1.807, 2.05) is 31.2 Å². The van der Waals surface area contributed by atoms with Crippen LogP contribution >= 0.6 is 11.6 Å². The predicted molar refractivity (Wildman–Crippen MR) is 79.9 cm³/mol. The Balaban J connectivity index is 1.76. The minimum Gasteiger partial charge on any atom is -0.381 e. The molecule has 1 aliphatic heterocycles. The third-order valence-electron chi connectivity index (χ3n) is 3.53. The van der Waals surface area contributed by atoms with Crippen LogP contribution in [-0.2, 0) is 9.53 Å². The van der Waals surface area contributed by atoms with Gasteiger partial charge in [0.25, 0.3) is 0 Å². The molecule has 1 atom stereocenters. The van der Waals surface area contributed by atoms with E-state index >= 15 is 0 Å². The largest absolute Gasteiger partial charge is 0.381 e. The molecule has 110 valence electrons. The van der Waals surface area contributed by atoms with E-state index in [0.29, 0.717) is 6.54 Å². The highest BCUT2D eigenvalue weighted by atomic mass is 35.5. The summed E-state index contributed by atoms with van der Waals surface area (Å²) in [6.07, 6.45) is 1.79. The van der Waals surface area contributed by atoms with Gasteiger partial charge in [0.1, 0.15) is 0 Å². The van der Waals surface area contributed by atoms with Crippen LogP contribution in [0.5, 0.6) is 0 Å². The van der Waals surface area contributed by atoms with Gasteiger partial charge >= 0.3 is 0 Å². The molecule has 2 rings (SSSR count). The van der Waals surface area contributed by atoms with Gasteiger partial charge in [-0.15, -0.1) is 0 Å². The molecule has 0 aliphatic carbocycles. The maximum Gasteiger partial charge on any atom is 0.234 e. The molecule has 1 aromatic carbocycles. The fourth-order valence-corrected chi connectivity index (χ4v) is 2.60. The first-order chi connectivity index (χ1) is 9.66. The van der Waals surface area contributed by atoms with Crippen molar-refractivity contribution in [3.8, 4) is 0 Å². The summed E-state index contributed by atoms with van der Waals surface area (Å²) in [5.74, 6) is 0.0239. The maximum atomic E-state index is 11.9. The molecule has 1 fully saturated rings. The molecular weight excluding hydrogens is 276 g/mol. The molecule has 1 amide bonds. The number of halogens is 1. The molecule has 4 nitrogen and oxygen atoms in total. The summed E-state index contributed by atoms with van der Waals surface area (Å²) >= 11 is 6.14. The van der Waals surface area contributed by atoms with E-state index in [-0.39, 0.29) is 18.0 Å². The Bertz CT molecular complexity index is 447. The van der Waals surface area contributed by atoms with Crippen molar-refractivity contribution in [1.29, 1.82) is 0 Å². The van der Waals surface area contributed by atoms with E-state index in [1.165, 1.54) is 0 Å². The molecule has 5 heteroatoms. The standard InChI is InChI=1S/C15H21ClN2O2/c1-11(13-4-2-3-5-14(13)16)17-10-15(19)18-12-6-8-20-9-7-12/h2-5,11-12,17H,6-10H2,1H3,(H,18,19). The third-order valence-corrected chi connectivity index (χ3v) is 3.87. The number of nitrogens with one attached hydrogen (secondary N) is 2. The summed E-state index contributed by atoms with van der Waals surface area (Å²) in [4.78, 5) is 11.9. The van der Waals surface area contributed by atoms with E-state index in [9.17, 15) is 4.79 Å². The second-order valence-electron chi connectivity index (χ2n) is 5.08. The third kappa shape index (κ3) is 4.47. The average Bonchev–Trinajstić information content (AvgIpc) is 2.46. The molecule has 1 aromatic rings. The highest BCUT2D eigenvalue weighted by molar-refractivity contribution is 6.31. The number of carbonyl (C=O) groups is 1. The smallest absolute Gasteiger partial charge is 0.234 e. The summed E-state index contributed by atoms with van der Waals surface area (Å²) in [5, 5.41) is 6.95. The summed E-state index contributed by atoms with van der Waals surface area (Å²) in [5.41, 5.74) is 1.01. The van der Waals surface area contributed by atoms with Crippen LogP contribution in [-0.4, -0.2) is 31.7 Å². The van der Waals surface area contributed by atoms with E-state index < -0.39 is 0 Å². The zero-order valence-corrected chi connectivity index (χ0v) is 12.5. The molecule has 20 heavy (non-hydrogen) atoms. The van der Waals surface area contributed by atoms with Crippen molar-refractivity contribution in [2.45, 2.75) is 31.8 Å². The van der Waals surface area contributed by atoms with Gasteiger partial charge in [0.2, 0.25) is 5.91 Å². The molecular formula is C15H21ClN2O2. The van der Waals surface area contributed by atoms with Crippen LogP contribution in [0, 0.1) is 0 Å². The number of rotatable bonds is 5. The van der Waals surface area contributed by atoms with Crippen molar-refractivity contribution in [3.63, 3.8) is 0 Å². The molecule has 0 spiro atoms. The molecule has 0 radical (unpaired) electrons. The lowest BCUT2D eigenvalue weighted by Gasteiger charge is -2.23. The van der Waals surface area contributed by atoms with Crippen molar-refractivity contribution in [3.05, 3.63) is 34.9 Å². The number of hydrogen-bond donors (Lipinski definition) is 2. The van der Waals surface area contributed by atoms with Crippen LogP contribution in [0.4, 0.5) is 0 Å². The lowest BCUT2D eigenvalue weighted by molar-refractivity contribution is -0.121. The topological polar surface area (TPSA) is 50.4 Å². The minimum atomic E-state index is 0.0239. The Labute approximate surface area is 124 Å². The Morgan fingerprint density at radius 2 is 2.10 bits per heavy atom. The second kappa shape index (κ2) is 7.62. The van der Waals surface area contributed by atoms with E-state index in [1.54, 1.807) is 0 Å². The molecule has 1 unspecified atom stereocenters. The number of amides is 1. The number of benzene rings is 1. The van der Waals surface area contributed by atoms with Gasteiger partial charge in [-0.1, -0.05) is 29.8 Å². The van der Waals surface area contributed by atoms with Crippen molar-refractivity contribution < 1.29 is 9.53 Å². The van der Waals surface area contributed by atoms with Crippen LogP contribution in [0.1, 0.15) is 31.4 Å². The fraction of sp³-hybridized carbons (Fsp3) is 0.533. The van der Waals surface area contributed by atoms with Crippen LogP contribution in [0.3, 0.4) is 0 Å². The normalized spacial score (nSPS) is 17.7. The Morgan fingerprint density at radius 3 is 2.80 bits per heavy atom. The zero-order chi connectivity index (χ0) is 14.4. The van der Waals surface area contributed by atoms with E-state index in [4.69, 9.17) is 16.3 Å². The summed E-state index contributed by atoms with van der Waals surface area (Å²) in [6.45, 7) is 3.76. The van der Waals surface area contributed by atoms with Crippen molar-refractivity contribution in [2.24, 2.45) is 0 Å². The fourth-order valence-electron chi connectivity index (χ4n) is 2.30. The molecule has 1 heterocycles. The molecule has 0 saturated carbocycles. The maximum absolute atomic E-state index is 11.9. The number of hydrogen-bond acceptors (Lipinski definition) is 3. The first-order valence-corrected chi connectivity index (χ1v) is 7.39. The monoisotopic (exact) mass is 296 g/mol. The quantitative estimate of drug-likeness (QED) is 0.876. The van der Waals surface area contributed by atoms with Gasteiger partial charge in [0.05, 0.1) is 6.54 Å². The van der Waals surface area contributed by atoms with Gasteiger partial charge in [0.15, 0.2) is 0 Å². The van der Waals surface area contributed by atoms with E-state index in [2.05, 4.69) is 10.6 Å². The highest BCUT2D eigenvalue weighted by Crippen LogP contribution is 2.21. The van der Waals surface area contributed by atoms with E-state index in [0.717, 1.165) is 36.6 Å². The van der Waals surface area contributed by atoms with Crippen LogP contribution in [0.15, 0.2) is 24.3 Å².